The maximum absolute atomic E-state index is 5.92. The summed E-state index contributed by atoms with van der Waals surface area (Å²) in [6.07, 6.45) is 7.93. The molecule has 3 aromatic rings. The Kier molecular flexibility index (Phi) is 3.27. The lowest BCUT2D eigenvalue weighted by molar-refractivity contribution is 0.306. The molecular formula is C17H14N4O2. The summed E-state index contributed by atoms with van der Waals surface area (Å²) in [5.74, 6) is 1.53. The summed E-state index contributed by atoms with van der Waals surface area (Å²) in [6.45, 7) is 0.644. The van der Waals surface area contributed by atoms with Crippen LogP contribution in [0.1, 0.15) is 12.1 Å². The molecule has 0 unspecified atom stereocenters. The monoisotopic (exact) mass is 306 g/mol. The molecule has 0 spiro atoms. The van der Waals surface area contributed by atoms with Crippen molar-refractivity contribution in [2.75, 3.05) is 12.3 Å². The number of hydrogen-bond acceptors (Lipinski definition) is 6. The molecule has 23 heavy (non-hydrogen) atoms. The zero-order chi connectivity index (χ0) is 15.6. The number of ether oxygens (including phenoxy) is 1. The number of hydrogen-bond donors (Lipinski definition) is 1. The van der Waals surface area contributed by atoms with Crippen molar-refractivity contribution in [1.29, 1.82) is 0 Å². The van der Waals surface area contributed by atoms with Crippen molar-refractivity contribution in [2.45, 2.75) is 6.42 Å². The van der Waals surface area contributed by atoms with Crippen molar-refractivity contribution in [3.05, 3.63) is 54.7 Å². The minimum Gasteiger partial charge on any atom is -0.491 e. The summed E-state index contributed by atoms with van der Waals surface area (Å²) in [6, 6.07) is 7.47. The van der Waals surface area contributed by atoms with Gasteiger partial charge in [0.1, 0.15) is 17.1 Å². The predicted molar refractivity (Wildman–Crippen MR) is 85.9 cm³/mol. The minimum absolute atomic E-state index is 0.181. The van der Waals surface area contributed by atoms with Gasteiger partial charge in [-0.1, -0.05) is 0 Å². The number of nitrogen functional groups attached to an aromatic ring is 1. The quantitative estimate of drug-likeness (QED) is 0.800. The predicted octanol–water partition coefficient (Wildman–Crippen LogP) is 3.14. The number of aromatic nitrogens is 3. The first-order valence-corrected chi connectivity index (χ1v) is 7.28. The molecule has 0 aliphatic carbocycles. The third-order valence-electron chi connectivity index (χ3n) is 3.59. The molecule has 6 heteroatoms. The maximum atomic E-state index is 5.92. The van der Waals surface area contributed by atoms with Crippen molar-refractivity contribution in [3.8, 4) is 22.6 Å². The Hall–Kier alpha value is -3.15. The molecule has 3 aromatic heterocycles. The van der Waals surface area contributed by atoms with Gasteiger partial charge in [-0.15, -0.1) is 0 Å². The number of rotatable bonds is 3. The van der Waals surface area contributed by atoms with E-state index in [2.05, 4.69) is 15.0 Å². The highest BCUT2D eigenvalue weighted by Crippen LogP contribution is 2.37. The molecule has 6 nitrogen and oxygen atoms in total. The molecule has 2 N–H and O–H groups in total. The lowest BCUT2D eigenvalue weighted by Gasteiger charge is -2.14. The van der Waals surface area contributed by atoms with Crippen molar-refractivity contribution < 1.29 is 9.15 Å². The molecule has 4 rings (SSSR count). The number of nitrogens with two attached hydrogens (primary N) is 1. The van der Waals surface area contributed by atoms with E-state index in [1.165, 1.54) is 0 Å². The largest absolute Gasteiger partial charge is 0.491 e. The molecule has 0 saturated carbocycles. The van der Waals surface area contributed by atoms with E-state index in [4.69, 9.17) is 14.9 Å². The summed E-state index contributed by atoms with van der Waals surface area (Å²) in [5.41, 5.74) is 8.99. The second-order valence-corrected chi connectivity index (χ2v) is 5.07. The van der Waals surface area contributed by atoms with E-state index in [9.17, 15) is 0 Å². The van der Waals surface area contributed by atoms with Crippen molar-refractivity contribution >= 4 is 11.7 Å². The topological polar surface area (TPSA) is 87.1 Å². The molecule has 0 atom stereocenters. The number of furan rings is 1. The van der Waals surface area contributed by atoms with Crippen LogP contribution in [0, 0.1) is 0 Å². The highest BCUT2D eigenvalue weighted by molar-refractivity contribution is 5.87. The lowest BCUT2D eigenvalue weighted by Crippen LogP contribution is -2.05. The summed E-state index contributed by atoms with van der Waals surface area (Å²) in [5, 5.41) is 0. The van der Waals surface area contributed by atoms with Gasteiger partial charge in [0.05, 0.1) is 12.9 Å². The van der Waals surface area contributed by atoms with Gasteiger partial charge in [-0.3, -0.25) is 4.98 Å². The molecule has 0 fully saturated rings. The summed E-state index contributed by atoms with van der Waals surface area (Å²) < 4.78 is 11.2. The van der Waals surface area contributed by atoms with E-state index in [1.54, 1.807) is 18.7 Å². The highest BCUT2D eigenvalue weighted by atomic mass is 16.5. The molecule has 0 radical (unpaired) electrons. The molecule has 0 saturated heterocycles. The van der Waals surface area contributed by atoms with Crippen LogP contribution in [0.25, 0.3) is 28.3 Å². The average Bonchev–Trinajstić information content (AvgIpc) is 3.28. The van der Waals surface area contributed by atoms with Gasteiger partial charge >= 0.3 is 0 Å². The molecule has 4 heterocycles. The molecule has 114 valence electrons. The van der Waals surface area contributed by atoms with Crippen LogP contribution in [0.3, 0.4) is 0 Å². The Balaban J connectivity index is 2.02. The minimum atomic E-state index is 0.181. The Morgan fingerprint density at radius 2 is 1.87 bits per heavy atom. The van der Waals surface area contributed by atoms with Crippen LogP contribution in [0.15, 0.2) is 53.4 Å². The second kappa shape index (κ2) is 5.57. The van der Waals surface area contributed by atoms with E-state index < -0.39 is 0 Å². The first-order chi connectivity index (χ1) is 11.3. The van der Waals surface area contributed by atoms with Gasteiger partial charge in [0.25, 0.3) is 0 Å². The molecule has 1 aliphatic rings. The van der Waals surface area contributed by atoms with Crippen LogP contribution < -0.4 is 5.73 Å². The van der Waals surface area contributed by atoms with Crippen molar-refractivity contribution in [1.82, 2.24) is 15.0 Å². The molecule has 0 amide bonds. The molecule has 0 bridgehead atoms. The normalized spacial score (nSPS) is 13.7. The van der Waals surface area contributed by atoms with Gasteiger partial charge in [0.15, 0.2) is 5.76 Å². The molecule has 1 aliphatic heterocycles. The van der Waals surface area contributed by atoms with Crippen LogP contribution in [0.5, 0.6) is 0 Å². The van der Waals surface area contributed by atoms with Gasteiger partial charge in [0.2, 0.25) is 5.95 Å². The van der Waals surface area contributed by atoms with Gasteiger partial charge in [-0.05, 0) is 35.9 Å². The number of nitrogens with zero attached hydrogens (tertiary/aromatic N) is 3. The van der Waals surface area contributed by atoms with Gasteiger partial charge in [0, 0.05) is 24.4 Å². The van der Waals surface area contributed by atoms with Gasteiger partial charge in [-0.25, -0.2) is 9.97 Å². The number of anilines is 1. The lowest BCUT2D eigenvalue weighted by atomic mass is 10.0. The van der Waals surface area contributed by atoms with Gasteiger partial charge in [-0.2, -0.15) is 0 Å². The molecular weight excluding hydrogens is 292 g/mol. The third kappa shape index (κ3) is 2.44. The third-order valence-corrected chi connectivity index (χ3v) is 3.59. The zero-order valence-corrected chi connectivity index (χ0v) is 12.3. The van der Waals surface area contributed by atoms with E-state index in [0.717, 1.165) is 23.3 Å². The van der Waals surface area contributed by atoms with E-state index >= 15 is 0 Å². The van der Waals surface area contributed by atoms with Crippen LogP contribution >= 0.6 is 0 Å². The first-order valence-electron chi connectivity index (χ1n) is 7.28. The van der Waals surface area contributed by atoms with E-state index in [0.29, 0.717) is 23.8 Å². The summed E-state index contributed by atoms with van der Waals surface area (Å²) in [7, 11) is 0. The van der Waals surface area contributed by atoms with Crippen molar-refractivity contribution in [3.63, 3.8) is 0 Å². The van der Waals surface area contributed by atoms with Crippen LogP contribution in [-0.4, -0.2) is 21.6 Å². The van der Waals surface area contributed by atoms with Crippen LogP contribution in [-0.2, 0) is 4.74 Å². The highest BCUT2D eigenvalue weighted by Gasteiger charge is 2.23. The average molecular weight is 306 g/mol. The fourth-order valence-corrected chi connectivity index (χ4v) is 2.62. The van der Waals surface area contributed by atoms with E-state index in [-0.39, 0.29) is 5.95 Å². The Morgan fingerprint density at radius 1 is 1.04 bits per heavy atom. The van der Waals surface area contributed by atoms with Crippen molar-refractivity contribution in [2.24, 2.45) is 0 Å². The Bertz CT molecular complexity index is 858. The maximum Gasteiger partial charge on any atom is 0.221 e. The Morgan fingerprint density at radius 3 is 2.57 bits per heavy atom. The summed E-state index contributed by atoms with van der Waals surface area (Å²) in [4.78, 5) is 12.9. The van der Waals surface area contributed by atoms with Gasteiger partial charge < -0.3 is 14.9 Å². The standard InChI is InChI=1S/C17H14N4O2/c18-17-20-15(12-3-1-9-22-12)14(11-5-7-19-8-6-11)16(21-17)13-4-2-10-23-13/h1,3-9H,2,10H2,(H2,18,20,21). The van der Waals surface area contributed by atoms with Crippen LogP contribution in [0.2, 0.25) is 0 Å². The fourth-order valence-electron chi connectivity index (χ4n) is 2.62. The zero-order valence-electron chi connectivity index (χ0n) is 12.3. The number of pyridine rings is 1. The Labute approximate surface area is 132 Å². The SMILES string of the molecule is Nc1nc(C2=CCCO2)c(-c2ccncc2)c(-c2ccco2)n1. The fraction of sp³-hybridized carbons (Fsp3) is 0.118. The smallest absolute Gasteiger partial charge is 0.221 e. The second-order valence-electron chi connectivity index (χ2n) is 5.07. The first kappa shape index (κ1) is 13.5. The van der Waals surface area contributed by atoms with Crippen LogP contribution in [0.4, 0.5) is 5.95 Å². The molecule has 0 aromatic carbocycles. The van der Waals surface area contributed by atoms with E-state index in [1.807, 2.05) is 30.3 Å². The summed E-state index contributed by atoms with van der Waals surface area (Å²) >= 11 is 0.